The molecule has 126 valence electrons. The van der Waals surface area contributed by atoms with Crippen LogP contribution in [0.2, 0.25) is 5.02 Å². The van der Waals surface area contributed by atoms with E-state index in [0.29, 0.717) is 23.1 Å². The van der Waals surface area contributed by atoms with Crippen LogP contribution >= 0.6 is 11.6 Å². The van der Waals surface area contributed by atoms with Gasteiger partial charge in [0, 0.05) is 29.6 Å². The first-order valence-electron chi connectivity index (χ1n) is 7.47. The fourth-order valence-electron chi connectivity index (χ4n) is 2.06. The Balaban J connectivity index is 1.58. The van der Waals surface area contributed by atoms with Crippen LogP contribution in [0.3, 0.4) is 0 Å². The average molecular weight is 357 g/mol. The molecule has 0 aliphatic carbocycles. The van der Waals surface area contributed by atoms with E-state index in [0.717, 1.165) is 11.3 Å². The van der Waals surface area contributed by atoms with Gasteiger partial charge in [0.2, 0.25) is 5.95 Å². The van der Waals surface area contributed by atoms with E-state index >= 15 is 0 Å². The molecular weight excluding hydrogens is 343 g/mol. The van der Waals surface area contributed by atoms with E-state index in [1.807, 2.05) is 0 Å². The largest absolute Gasteiger partial charge is 0.348 e. The number of carbonyl (C=O) groups excluding carboxylic acids is 1. The molecule has 1 aromatic heterocycles. The van der Waals surface area contributed by atoms with Gasteiger partial charge < -0.3 is 10.6 Å². The molecule has 25 heavy (non-hydrogen) atoms. The van der Waals surface area contributed by atoms with Crippen LogP contribution in [0, 0.1) is 5.82 Å². The lowest BCUT2D eigenvalue weighted by Crippen LogP contribution is -2.23. The summed E-state index contributed by atoms with van der Waals surface area (Å²) in [5.74, 6) is -0.243. The second-order valence-corrected chi connectivity index (χ2v) is 5.67. The molecule has 7 heteroatoms. The Hall–Kier alpha value is -2.99. The second-order valence-electron chi connectivity index (χ2n) is 5.24. The van der Waals surface area contributed by atoms with Crippen molar-refractivity contribution in [1.29, 1.82) is 0 Å². The zero-order valence-corrected chi connectivity index (χ0v) is 13.8. The highest BCUT2D eigenvalue weighted by Crippen LogP contribution is 2.16. The van der Waals surface area contributed by atoms with E-state index in [1.165, 1.54) is 24.5 Å². The number of benzene rings is 2. The lowest BCUT2D eigenvalue weighted by atomic mass is 10.2. The van der Waals surface area contributed by atoms with E-state index < -0.39 is 0 Å². The molecular formula is C18H14ClFN4O. The maximum atomic E-state index is 12.8. The second kappa shape index (κ2) is 7.72. The molecule has 0 radical (unpaired) electrons. The molecule has 5 nitrogen and oxygen atoms in total. The van der Waals surface area contributed by atoms with E-state index in [9.17, 15) is 9.18 Å². The molecule has 2 N–H and O–H groups in total. The highest BCUT2D eigenvalue weighted by atomic mass is 35.5. The summed E-state index contributed by atoms with van der Waals surface area (Å²) in [4.78, 5) is 20.3. The summed E-state index contributed by atoms with van der Waals surface area (Å²) >= 11 is 5.83. The lowest BCUT2D eigenvalue weighted by Gasteiger charge is -2.07. The molecule has 0 atom stereocenters. The number of rotatable bonds is 5. The number of hydrogen-bond donors (Lipinski definition) is 2. The quantitative estimate of drug-likeness (QED) is 0.726. The predicted octanol–water partition coefficient (Wildman–Crippen LogP) is 3.94. The topological polar surface area (TPSA) is 66.9 Å². The Bertz CT molecular complexity index is 852. The van der Waals surface area contributed by atoms with Crippen molar-refractivity contribution in [3.63, 3.8) is 0 Å². The number of nitrogens with zero attached hydrogens (tertiary/aromatic N) is 2. The molecule has 0 unspecified atom stereocenters. The van der Waals surface area contributed by atoms with Crippen LogP contribution in [0.5, 0.6) is 0 Å². The van der Waals surface area contributed by atoms with Crippen molar-refractivity contribution >= 4 is 29.1 Å². The van der Waals surface area contributed by atoms with Crippen molar-refractivity contribution in [1.82, 2.24) is 15.3 Å². The molecule has 3 aromatic rings. The van der Waals surface area contributed by atoms with E-state index in [2.05, 4.69) is 20.6 Å². The van der Waals surface area contributed by atoms with Crippen LogP contribution in [0.25, 0.3) is 0 Å². The van der Waals surface area contributed by atoms with Crippen molar-refractivity contribution < 1.29 is 9.18 Å². The summed E-state index contributed by atoms with van der Waals surface area (Å²) < 4.78 is 12.8. The summed E-state index contributed by atoms with van der Waals surface area (Å²) in [6.07, 6.45) is 2.87. The van der Waals surface area contributed by atoms with Crippen LogP contribution in [-0.2, 0) is 6.54 Å². The van der Waals surface area contributed by atoms with E-state index in [-0.39, 0.29) is 11.7 Å². The minimum Gasteiger partial charge on any atom is -0.348 e. The van der Waals surface area contributed by atoms with Crippen molar-refractivity contribution in [2.75, 3.05) is 5.32 Å². The first-order valence-corrected chi connectivity index (χ1v) is 7.85. The fraction of sp³-hybridized carbons (Fsp3) is 0.0556. The maximum Gasteiger partial charge on any atom is 0.254 e. The van der Waals surface area contributed by atoms with Gasteiger partial charge in [0.05, 0.1) is 5.56 Å². The summed E-state index contributed by atoms with van der Waals surface area (Å²) in [6, 6.07) is 13.0. The molecule has 2 aromatic carbocycles. The molecule has 1 amide bonds. The smallest absolute Gasteiger partial charge is 0.254 e. The Morgan fingerprint density at radius 2 is 1.64 bits per heavy atom. The Labute approximate surface area is 148 Å². The summed E-state index contributed by atoms with van der Waals surface area (Å²) in [7, 11) is 0. The van der Waals surface area contributed by atoms with Crippen LogP contribution in [-0.4, -0.2) is 15.9 Å². The predicted molar refractivity (Wildman–Crippen MR) is 94.3 cm³/mol. The highest BCUT2D eigenvalue weighted by molar-refractivity contribution is 6.30. The number of aromatic nitrogens is 2. The normalized spacial score (nSPS) is 10.3. The van der Waals surface area contributed by atoms with Crippen molar-refractivity contribution in [3.05, 3.63) is 82.9 Å². The standard InChI is InChI=1S/C18H14ClFN4O/c19-14-3-7-16(8-4-14)24-18-22-10-13(11-23-18)17(25)21-9-12-1-5-15(20)6-2-12/h1-8,10-11H,9H2,(H,21,25)(H,22,23,24). The zero-order valence-electron chi connectivity index (χ0n) is 13.0. The van der Waals surface area contributed by atoms with E-state index in [4.69, 9.17) is 11.6 Å². The number of nitrogens with one attached hydrogen (secondary N) is 2. The minimum absolute atomic E-state index is 0.296. The number of hydrogen-bond acceptors (Lipinski definition) is 4. The molecule has 0 bridgehead atoms. The minimum atomic E-state index is -0.313. The first-order chi connectivity index (χ1) is 12.1. The van der Waals surface area contributed by atoms with Gasteiger partial charge in [-0.25, -0.2) is 14.4 Å². The third kappa shape index (κ3) is 4.74. The van der Waals surface area contributed by atoms with E-state index in [1.54, 1.807) is 36.4 Å². The molecule has 0 fully saturated rings. The van der Waals surface area contributed by atoms with Gasteiger partial charge in [0.15, 0.2) is 0 Å². The molecule has 3 rings (SSSR count). The third-order valence-corrected chi connectivity index (χ3v) is 3.63. The molecule has 0 aliphatic heterocycles. The molecule has 0 saturated heterocycles. The number of anilines is 2. The zero-order chi connectivity index (χ0) is 17.6. The SMILES string of the molecule is O=C(NCc1ccc(F)cc1)c1cnc(Nc2ccc(Cl)cc2)nc1. The summed E-state index contributed by atoms with van der Waals surface area (Å²) in [5, 5.41) is 6.38. The summed E-state index contributed by atoms with van der Waals surface area (Å²) in [6.45, 7) is 0.296. The van der Waals surface area contributed by atoms with Gasteiger partial charge in [-0.15, -0.1) is 0 Å². The third-order valence-electron chi connectivity index (χ3n) is 3.38. The number of halogens is 2. The number of amides is 1. The van der Waals surface area contributed by atoms with Crippen LogP contribution in [0.1, 0.15) is 15.9 Å². The molecule has 0 aliphatic rings. The van der Waals surface area contributed by atoms with Crippen molar-refractivity contribution in [3.8, 4) is 0 Å². The lowest BCUT2D eigenvalue weighted by molar-refractivity contribution is 0.0950. The van der Waals surface area contributed by atoms with Crippen LogP contribution in [0.15, 0.2) is 60.9 Å². The van der Waals surface area contributed by atoms with Crippen molar-refractivity contribution in [2.24, 2.45) is 0 Å². The fourth-order valence-corrected chi connectivity index (χ4v) is 2.18. The van der Waals surface area contributed by atoms with Gasteiger partial charge >= 0.3 is 0 Å². The Morgan fingerprint density at radius 1 is 1.00 bits per heavy atom. The molecule has 0 spiro atoms. The van der Waals surface area contributed by atoms with Crippen molar-refractivity contribution in [2.45, 2.75) is 6.54 Å². The van der Waals surface area contributed by atoms with Gasteiger partial charge in [0.25, 0.3) is 5.91 Å². The first kappa shape index (κ1) is 16.9. The monoisotopic (exact) mass is 356 g/mol. The van der Waals surface area contributed by atoms with Gasteiger partial charge in [-0.2, -0.15) is 0 Å². The molecule has 1 heterocycles. The van der Waals surface area contributed by atoms with Gasteiger partial charge in [-0.05, 0) is 42.0 Å². The summed E-state index contributed by atoms with van der Waals surface area (Å²) in [5.41, 5.74) is 1.93. The average Bonchev–Trinajstić information content (AvgIpc) is 2.63. The van der Waals surface area contributed by atoms with Gasteiger partial charge in [0.1, 0.15) is 5.82 Å². The maximum absolute atomic E-state index is 12.8. The molecule has 0 saturated carbocycles. The van der Waals surface area contributed by atoms with Gasteiger partial charge in [-0.1, -0.05) is 23.7 Å². The Morgan fingerprint density at radius 3 is 2.28 bits per heavy atom. The highest BCUT2D eigenvalue weighted by Gasteiger charge is 2.07. The van der Waals surface area contributed by atoms with Crippen LogP contribution in [0.4, 0.5) is 16.0 Å². The van der Waals surface area contributed by atoms with Gasteiger partial charge in [-0.3, -0.25) is 4.79 Å². The van der Waals surface area contributed by atoms with Crippen LogP contribution < -0.4 is 10.6 Å². The Kier molecular flexibility index (Phi) is 5.20. The number of carbonyl (C=O) groups is 1.